The van der Waals surface area contributed by atoms with Crippen molar-refractivity contribution in [1.29, 1.82) is 0 Å². The SMILES string of the molecule is COc1ccc(NC(=O)c2cc(NC(=O)C3CCCCC3)cc(NC(=O)C3CCCCC3)c2)cc1. The monoisotopic (exact) mass is 477 g/mol. The number of ether oxygens (including phenoxy) is 1. The van der Waals surface area contributed by atoms with Crippen LogP contribution >= 0.6 is 0 Å². The number of methoxy groups -OCH3 is 1. The third-order valence-electron chi connectivity index (χ3n) is 7.03. The molecule has 2 aromatic carbocycles. The minimum Gasteiger partial charge on any atom is -0.497 e. The zero-order valence-electron chi connectivity index (χ0n) is 20.4. The van der Waals surface area contributed by atoms with Gasteiger partial charge in [0.05, 0.1) is 7.11 Å². The molecular weight excluding hydrogens is 442 g/mol. The van der Waals surface area contributed by atoms with Crippen molar-refractivity contribution in [1.82, 2.24) is 0 Å². The van der Waals surface area contributed by atoms with Crippen LogP contribution in [0.4, 0.5) is 17.1 Å². The normalized spacial score (nSPS) is 16.8. The lowest BCUT2D eigenvalue weighted by molar-refractivity contribution is -0.121. The van der Waals surface area contributed by atoms with Gasteiger partial charge in [-0.3, -0.25) is 14.4 Å². The Morgan fingerprint density at radius 2 is 1.14 bits per heavy atom. The molecular formula is C28H35N3O4. The zero-order valence-corrected chi connectivity index (χ0v) is 20.4. The summed E-state index contributed by atoms with van der Waals surface area (Å²) >= 11 is 0. The second kappa shape index (κ2) is 11.9. The van der Waals surface area contributed by atoms with Gasteiger partial charge in [0.2, 0.25) is 11.8 Å². The molecule has 0 bridgehead atoms. The van der Waals surface area contributed by atoms with Gasteiger partial charge >= 0.3 is 0 Å². The molecule has 2 fully saturated rings. The number of carbonyl (C=O) groups excluding carboxylic acids is 3. The van der Waals surface area contributed by atoms with Gasteiger partial charge in [-0.05, 0) is 68.1 Å². The van der Waals surface area contributed by atoms with Gasteiger partial charge in [-0.2, -0.15) is 0 Å². The third kappa shape index (κ3) is 6.84. The van der Waals surface area contributed by atoms with Crippen LogP contribution in [0.2, 0.25) is 0 Å². The van der Waals surface area contributed by atoms with Crippen LogP contribution in [0.1, 0.15) is 74.6 Å². The van der Waals surface area contributed by atoms with Crippen LogP contribution in [0.3, 0.4) is 0 Å². The Labute approximate surface area is 207 Å². The molecule has 3 N–H and O–H groups in total. The van der Waals surface area contributed by atoms with Gasteiger partial charge in [0.15, 0.2) is 0 Å². The Bertz CT molecular complexity index is 988. The number of rotatable bonds is 7. The molecule has 0 spiro atoms. The first-order chi connectivity index (χ1) is 17.0. The van der Waals surface area contributed by atoms with Gasteiger partial charge in [-0.15, -0.1) is 0 Å². The molecule has 0 atom stereocenters. The number of benzene rings is 2. The van der Waals surface area contributed by atoms with Crippen molar-refractivity contribution in [3.8, 4) is 5.75 Å². The van der Waals surface area contributed by atoms with E-state index in [1.807, 2.05) is 0 Å². The standard InChI is InChI=1S/C28H35N3O4/c1-35-25-14-12-22(13-15-25)29-28(34)21-16-23(30-26(32)19-8-4-2-5-9-19)18-24(17-21)31-27(33)20-10-6-3-7-11-20/h12-20H,2-11H2,1H3,(H,29,34)(H,30,32)(H,31,33). The van der Waals surface area contributed by atoms with Gasteiger partial charge in [-0.25, -0.2) is 0 Å². The fourth-order valence-electron chi connectivity index (χ4n) is 5.00. The third-order valence-corrected chi connectivity index (χ3v) is 7.03. The average Bonchev–Trinajstić information content (AvgIpc) is 2.90. The molecule has 4 rings (SSSR count). The summed E-state index contributed by atoms with van der Waals surface area (Å²) in [7, 11) is 1.59. The topological polar surface area (TPSA) is 96.5 Å². The first-order valence-electron chi connectivity index (χ1n) is 12.7. The summed E-state index contributed by atoms with van der Waals surface area (Å²) in [6, 6.07) is 12.1. The van der Waals surface area contributed by atoms with Crippen molar-refractivity contribution in [2.75, 3.05) is 23.1 Å². The smallest absolute Gasteiger partial charge is 0.255 e. The van der Waals surface area contributed by atoms with E-state index in [2.05, 4.69) is 16.0 Å². The maximum absolute atomic E-state index is 13.1. The summed E-state index contributed by atoms with van der Waals surface area (Å²) in [4.78, 5) is 38.8. The minimum atomic E-state index is -0.322. The molecule has 2 aliphatic rings. The van der Waals surface area contributed by atoms with Crippen LogP contribution in [0, 0.1) is 11.8 Å². The van der Waals surface area contributed by atoms with E-state index in [1.165, 1.54) is 12.8 Å². The molecule has 3 amide bonds. The number of hydrogen-bond donors (Lipinski definition) is 3. The van der Waals surface area contributed by atoms with Crippen LogP contribution in [-0.2, 0) is 9.59 Å². The fraction of sp³-hybridized carbons (Fsp3) is 0.464. The quantitative estimate of drug-likeness (QED) is 0.457. The van der Waals surface area contributed by atoms with E-state index in [0.717, 1.165) is 51.4 Å². The maximum atomic E-state index is 13.1. The van der Waals surface area contributed by atoms with Crippen molar-refractivity contribution in [3.63, 3.8) is 0 Å². The number of amides is 3. The highest BCUT2D eigenvalue weighted by Crippen LogP contribution is 2.28. The van der Waals surface area contributed by atoms with Gasteiger partial charge in [0, 0.05) is 34.5 Å². The van der Waals surface area contributed by atoms with Crippen LogP contribution in [0.25, 0.3) is 0 Å². The van der Waals surface area contributed by atoms with Crippen LogP contribution in [0.15, 0.2) is 42.5 Å². The molecule has 0 heterocycles. The summed E-state index contributed by atoms with van der Waals surface area (Å²) in [5.74, 6) is 0.297. The highest BCUT2D eigenvalue weighted by Gasteiger charge is 2.23. The first-order valence-corrected chi connectivity index (χ1v) is 12.7. The Kier molecular flexibility index (Phi) is 8.40. The number of carbonyl (C=O) groups is 3. The van der Waals surface area contributed by atoms with Crippen molar-refractivity contribution >= 4 is 34.8 Å². The second-order valence-electron chi connectivity index (χ2n) is 9.63. The van der Waals surface area contributed by atoms with Crippen LogP contribution in [0.5, 0.6) is 5.75 Å². The highest BCUT2D eigenvalue weighted by molar-refractivity contribution is 6.07. The van der Waals surface area contributed by atoms with Gasteiger partial charge in [0.1, 0.15) is 5.75 Å². The molecule has 2 aliphatic carbocycles. The average molecular weight is 478 g/mol. The van der Waals surface area contributed by atoms with Crippen LogP contribution in [-0.4, -0.2) is 24.8 Å². The lowest BCUT2D eigenvalue weighted by Crippen LogP contribution is -2.26. The molecule has 186 valence electrons. The van der Waals surface area contributed by atoms with E-state index >= 15 is 0 Å². The molecule has 0 radical (unpaired) electrons. The summed E-state index contributed by atoms with van der Waals surface area (Å²) < 4.78 is 5.17. The summed E-state index contributed by atoms with van der Waals surface area (Å²) in [6.07, 6.45) is 10.1. The molecule has 2 saturated carbocycles. The highest BCUT2D eigenvalue weighted by atomic mass is 16.5. The molecule has 7 heteroatoms. The molecule has 0 unspecified atom stereocenters. The first kappa shape index (κ1) is 24.8. The van der Waals surface area contributed by atoms with Crippen molar-refractivity contribution in [2.45, 2.75) is 64.2 Å². The number of anilines is 3. The molecule has 7 nitrogen and oxygen atoms in total. The van der Waals surface area contributed by atoms with E-state index < -0.39 is 0 Å². The minimum absolute atomic E-state index is 0.0131. The van der Waals surface area contributed by atoms with E-state index in [0.29, 0.717) is 28.4 Å². The largest absolute Gasteiger partial charge is 0.497 e. The van der Waals surface area contributed by atoms with Gasteiger partial charge in [0.25, 0.3) is 5.91 Å². The molecule has 0 saturated heterocycles. The lowest BCUT2D eigenvalue weighted by Gasteiger charge is -2.22. The van der Waals surface area contributed by atoms with E-state index in [1.54, 1.807) is 49.6 Å². The molecule has 0 aromatic heterocycles. The summed E-state index contributed by atoms with van der Waals surface area (Å²) in [5, 5.41) is 8.86. The number of hydrogen-bond acceptors (Lipinski definition) is 4. The van der Waals surface area contributed by atoms with E-state index in [9.17, 15) is 14.4 Å². The van der Waals surface area contributed by atoms with Gasteiger partial charge < -0.3 is 20.7 Å². The molecule has 0 aliphatic heterocycles. The Hall–Kier alpha value is -3.35. The predicted octanol–water partition coefficient (Wildman–Crippen LogP) is 5.99. The molecule has 2 aromatic rings. The Balaban J connectivity index is 1.53. The van der Waals surface area contributed by atoms with Crippen molar-refractivity contribution in [3.05, 3.63) is 48.0 Å². The van der Waals surface area contributed by atoms with E-state index in [4.69, 9.17) is 4.74 Å². The Morgan fingerprint density at radius 3 is 1.60 bits per heavy atom. The number of nitrogens with one attached hydrogen (secondary N) is 3. The van der Waals surface area contributed by atoms with Crippen LogP contribution < -0.4 is 20.7 Å². The van der Waals surface area contributed by atoms with Gasteiger partial charge in [-0.1, -0.05) is 38.5 Å². The van der Waals surface area contributed by atoms with Crippen molar-refractivity contribution < 1.29 is 19.1 Å². The fourth-order valence-corrected chi connectivity index (χ4v) is 5.00. The molecule has 35 heavy (non-hydrogen) atoms. The maximum Gasteiger partial charge on any atom is 0.255 e. The zero-order chi connectivity index (χ0) is 24.6. The summed E-state index contributed by atoms with van der Waals surface area (Å²) in [6.45, 7) is 0. The summed E-state index contributed by atoms with van der Waals surface area (Å²) in [5.41, 5.74) is 2.02. The lowest BCUT2D eigenvalue weighted by atomic mass is 9.88. The second-order valence-corrected chi connectivity index (χ2v) is 9.63. The predicted molar refractivity (Wildman–Crippen MR) is 138 cm³/mol. The Morgan fingerprint density at radius 1 is 0.657 bits per heavy atom. The van der Waals surface area contributed by atoms with E-state index in [-0.39, 0.29) is 29.6 Å². The van der Waals surface area contributed by atoms with Crippen molar-refractivity contribution in [2.24, 2.45) is 11.8 Å².